The summed E-state index contributed by atoms with van der Waals surface area (Å²) in [5, 5.41) is 2.20. The lowest BCUT2D eigenvalue weighted by Crippen LogP contribution is -2.37. The Kier molecular flexibility index (Phi) is 4.30. The highest BCUT2D eigenvalue weighted by atomic mass is 35.5. The summed E-state index contributed by atoms with van der Waals surface area (Å²) in [4.78, 5) is 37.9. The molecule has 6 nitrogen and oxygen atoms in total. The molecular weight excluding hydrogens is 390 g/mol. The zero-order chi connectivity index (χ0) is 20.0. The molecule has 2 saturated heterocycles. The van der Waals surface area contributed by atoms with Crippen molar-refractivity contribution in [3.8, 4) is 0 Å². The number of hydrogen-bond donors (Lipinski definition) is 0. The quantitative estimate of drug-likeness (QED) is 0.620. The lowest BCUT2D eigenvalue weighted by molar-refractivity contribution is -0.126. The predicted molar refractivity (Wildman–Crippen MR) is 108 cm³/mol. The van der Waals surface area contributed by atoms with E-state index in [9.17, 15) is 9.59 Å². The molecule has 0 bridgehead atoms. The van der Waals surface area contributed by atoms with E-state index < -0.39 is 18.1 Å². The number of amides is 2. The monoisotopic (exact) mass is 405 g/mol. The van der Waals surface area contributed by atoms with Crippen molar-refractivity contribution in [2.45, 2.75) is 12.1 Å². The molecule has 0 aliphatic carbocycles. The average molecular weight is 406 g/mol. The molecule has 3 heterocycles. The Morgan fingerprint density at radius 3 is 2.21 bits per heavy atom. The van der Waals surface area contributed by atoms with E-state index in [-0.39, 0.29) is 11.8 Å². The molecule has 7 heteroatoms. The second-order valence-corrected chi connectivity index (χ2v) is 7.36. The molecule has 2 aliphatic heterocycles. The van der Waals surface area contributed by atoms with Crippen molar-refractivity contribution in [3.63, 3.8) is 0 Å². The van der Waals surface area contributed by atoms with Crippen LogP contribution >= 0.6 is 11.6 Å². The first-order chi connectivity index (χ1) is 14.1. The first-order valence-electron chi connectivity index (χ1n) is 9.19. The molecule has 0 saturated carbocycles. The maximum Gasteiger partial charge on any atom is 0.266 e. The lowest BCUT2D eigenvalue weighted by atomic mass is 9.91. The third-order valence-corrected chi connectivity index (χ3v) is 5.51. The minimum Gasteiger partial charge on any atom is -0.273 e. The number of carbonyl (C=O) groups is 2. The van der Waals surface area contributed by atoms with Crippen molar-refractivity contribution < 1.29 is 14.4 Å². The Balaban J connectivity index is 1.58. The number of benzene rings is 2. The number of hydroxylamine groups is 1. The number of para-hydroxylation sites is 1. The summed E-state index contributed by atoms with van der Waals surface area (Å²) in [6, 6.07) is 19.3. The molecule has 29 heavy (non-hydrogen) atoms. The molecule has 144 valence electrons. The number of hydrogen-bond acceptors (Lipinski definition) is 5. The number of nitrogens with zero attached hydrogens (tertiary/aromatic N) is 3. The predicted octanol–water partition coefficient (Wildman–Crippen LogP) is 3.79. The van der Waals surface area contributed by atoms with Gasteiger partial charge in [0.25, 0.3) is 5.91 Å². The van der Waals surface area contributed by atoms with Crippen molar-refractivity contribution in [2.75, 3.05) is 9.96 Å². The maximum atomic E-state index is 13.4. The molecule has 3 atom stereocenters. The van der Waals surface area contributed by atoms with E-state index in [0.717, 1.165) is 11.3 Å². The number of rotatable bonds is 3. The van der Waals surface area contributed by atoms with Gasteiger partial charge in [0.15, 0.2) is 6.10 Å². The molecule has 2 aromatic carbocycles. The fourth-order valence-corrected chi connectivity index (χ4v) is 4.08. The van der Waals surface area contributed by atoms with E-state index in [1.807, 2.05) is 42.5 Å². The van der Waals surface area contributed by atoms with Gasteiger partial charge in [0.05, 0.1) is 17.4 Å². The van der Waals surface area contributed by atoms with Crippen LogP contribution < -0.4 is 9.96 Å². The number of pyridine rings is 1. The average Bonchev–Trinajstić information content (AvgIpc) is 3.27. The summed E-state index contributed by atoms with van der Waals surface area (Å²) in [5.41, 5.74) is 2.12. The number of fused-ring (bicyclic) bond motifs is 1. The minimum absolute atomic E-state index is 0.289. The Bertz CT molecular complexity index is 1060. The van der Waals surface area contributed by atoms with Crippen LogP contribution in [0.2, 0.25) is 5.02 Å². The summed E-state index contributed by atoms with van der Waals surface area (Å²) < 4.78 is 0. The molecule has 2 fully saturated rings. The van der Waals surface area contributed by atoms with Crippen LogP contribution in [0.4, 0.5) is 11.4 Å². The number of halogens is 1. The van der Waals surface area contributed by atoms with Gasteiger partial charge in [-0.2, -0.15) is 0 Å². The van der Waals surface area contributed by atoms with Gasteiger partial charge < -0.3 is 0 Å². The second kappa shape index (κ2) is 6.99. The normalized spacial score (nSPS) is 23.6. The third kappa shape index (κ3) is 2.88. The van der Waals surface area contributed by atoms with Crippen molar-refractivity contribution in [1.82, 2.24) is 4.98 Å². The number of aromatic nitrogens is 1. The van der Waals surface area contributed by atoms with E-state index in [1.54, 1.807) is 41.7 Å². The van der Waals surface area contributed by atoms with Crippen molar-refractivity contribution >= 4 is 34.8 Å². The Hall–Kier alpha value is -3.22. The van der Waals surface area contributed by atoms with Gasteiger partial charge in [-0.15, -0.1) is 0 Å². The highest BCUT2D eigenvalue weighted by molar-refractivity contribution is 6.31. The lowest BCUT2D eigenvalue weighted by Gasteiger charge is -2.28. The van der Waals surface area contributed by atoms with Gasteiger partial charge in [0.1, 0.15) is 5.92 Å². The van der Waals surface area contributed by atoms with Gasteiger partial charge in [-0.3, -0.25) is 19.4 Å². The highest BCUT2D eigenvalue weighted by Crippen LogP contribution is 2.47. The zero-order valence-electron chi connectivity index (χ0n) is 15.2. The Morgan fingerprint density at radius 1 is 0.828 bits per heavy atom. The summed E-state index contributed by atoms with van der Waals surface area (Å²) in [6.45, 7) is 0. The van der Waals surface area contributed by atoms with Crippen LogP contribution in [0, 0.1) is 5.92 Å². The fraction of sp³-hybridized carbons (Fsp3) is 0.136. The van der Waals surface area contributed by atoms with Gasteiger partial charge in [-0.25, -0.2) is 9.96 Å². The van der Waals surface area contributed by atoms with Crippen LogP contribution in [0.25, 0.3) is 0 Å². The van der Waals surface area contributed by atoms with Crippen LogP contribution in [-0.2, 0) is 14.4 Å². The molecule has 1 aromatic heterocycles. The molecule has 2 aliphatic rings. The van der Waals surface area contributed by atoms with Crippen molar-refractivity contribution in [1.29, 1.82) is 0 Å². The number of anilines is 2. The van der Waals surface area contributed by atoms with Crippen molar-refractivity contribution in [3.05, 3.63) is 89.7 Å². The Morgan fingerprint density at radius 2 is 1.52 bits per heavy atom. The van der Waals surface area contributed by atoms with Crippen LogP contribution in [0.1, 0.15) is 11.6 Å². The first-order valence-corrected chi connectivity index (χ1v) is 9.57. The van der Waals surface area contributed by atoms with E-state index in [1.165, 1.54) is 4.90 Å². The zero-order valence-corrected chi connectivity index (χ0v) is 15.9. The van der Waals surface area contributed by atoms with Crippen molar-refractivity contribution in [2.24, 2.45) is 5.92 Å². The van der Waals surface area contributed by atoms with E-state index in [4.69, 9.17) is 16.4 Å². The molecule has 0 N–H and O–H groups in total. The summed E-state index contributed by atoms with van der Waals surface area (Å²) in [6.07, 6.45) is 2.45. The molecule has 0 unspecified atom stereocenters. The molecular formula is C22H16ClN3O3. The van der Waals surface area contributed by atoms with Crippen LogP contribution in [-0.4, -0.2) is 22.9 Å². The topological polar surface area (TPSA) is 62.7 Å². The molecule has 5 rings (SSSR count). The number of imide groups is 1. The molecule has 2 amide bonds. The van der Waals surface area contributed by atoms with Gasteiger partial charge in [0, 0.05) is 17.4 Å². The number of carbonyl (C=O) groups excluding carboxylic acids is 2. The third-order valence-electron chi connectivity index (χ3n) is 5.26. The second-order valence-electron chi connectivity index (χ2n) is 6.93. The molecule has 3 aromatic rings. The van der Waals surface area contributed by atoms with Gasteiger partial charge in [-0.05, 0) is 54.1 Å². The summed E-state index contributed by atoms with van der Waals surface area (Å²) in [5.74, 6) is -1.33. The summed E-state index contributed by atoms with van der Waals surface area (Å²) >= 11 is 5.95. The highest BCUT2D eigenvalue weighted by Gasteiger charge is 2.60. The molecule has 0 radical (unpaired) electrons. The van der Waals surface area contributed by atoms with E-state index in [0.29, 0.717) is 10.7 Å². The van der Waals surface area contributed by atoms with Crippen LogP contribution in [0.3, 0.4) is 0 Å². The summed E-state index contributed by atoms with van der Waals surface area (Å²) in [7, 11) is 0. The van der Waals surface area contributed by atoms with Crippen LogP contribution in [0.15, 0.2) is 79.1 Å². The maximum absolute atomic E-state index is 13.4. The van der Waals surface area contributed by atoms with Gasteiger partial charge in [-0.1, -0.05) is 29.8 Å². The first kappa shape index (κ1) is 17.8. The largest absolute Gasteiger partial charge is 0.273 e. The smallest absolute Gasteiger partial charge is 0.266 e. The Labute approximate surface area is 172 Å². The molecule has 0 spiro atoms. The van der Waals surface area contributed by atoms with Crippen LogP contribution in [0.5, 0.6) is 0 Å². The fourth-order valence-electron chi connectivity index (χ4n) is 3.96. The van der Waals surface area contributed by atoms with E-state index in [2.05, 4.69) is 4.98 Å². The van der Waals surface area contributed by atoms with Gasteiger partial charge >= 0.3 is 0 Å². The van der Waals surface area contributed by atoms with E-state index >= 15 is 0 Å². The minimum atomic E-state index is -0.892. The standard InChI is InChI=1S/C22H16ClN3O3/c23-15-6-8-16(9-7-15)25-21(27)18-19(14-10-12-24-13-11-14)26(29-20(18)22(25)28)17-4-2-1-3-5-17/h1-13,18-20H/t18-,19-,20-/m1/s1. The van der Waals surface area contributed by atoms with Gasteiger partial charge in [0.2, 0.25) is 5.91 Å². The SMILES string of the molecule is O=C1[C@@H]2[C@@H](c3ccncc3)N(c3ccccc3)O[C@H]2C(=O)N1c1ccc(Cl)cc1.